The predicted molar refractivity (Wildman–Crippen MR) is 76.7 cm³/mol. The van der Waals surface area contributed by atoms with E-state index in [1.165, 1.54) is 6.07 Å². The van der Waals surface area contributed by atoms with Gasteiger partial charge in [-0.2, -0.15) is 0 Å². The highest BCUT2D eigenvalue weighted by Crippen LogP contribution is 2.31. The topological polar surface area (TPSA) is 29.5 Å². The van der Waals surface area contributed by atoms with Gasteiger partial charge in [0.25, 0.3) is 0 Å². The van der Waals surface area contributed by atoms with Crippen LogP contribution in [0.3, 0.4) is 0 Å². The molecule has 2 atom stereocenters. The third kappa shape index (κ3) is 2.89. The van der Waals surface area contributed by atoms with Crippen LogP contribution in [0.15, 0.2) is 6.07 Å². The van der Waals surface area contributed by atoms with Crippen molar-refractivity contribution in [1.82, 2.24) is 0 Å². The molecule has 1 heterocycles. The Bertz CT molecular complexity index is 500. The molecule has 0 N–H and O–H groups in total. The first-order valence-electron chi connectivity index (χ1n) is 5.97. The summed E-state index contributed by atoms with van der Waals surface area (Å²) in [6.07, 6.45) is 0.375. The van der Waals surface area contributed by atoms with Gasteiger partial charge in [0.1, 0.15) is 0 Å². The van der Waals surface area contributed by atoms with Gasteiger partial charge < -0.3 is 9.64 Å². The minimum atomic E-state index is -0.963. The molecule has 0 aromatic heterocycles. The van der Waals surface area contributed by atoms with Crippen molar-refractivity contribution >= 4 is 34.6 Å². The Kier molecular flexibility index (Phi) is 4.39. The number of carbonyl (C=O) groups is 1. The summed E-state index contributed by atoms with van der Waals surface area (Å²) in [7, 11) is 0. The molecule has 0 radical (unpaired) electrons. The van der Waals surface area contributed by atoms with E-state index in [4.69, 9.17) is 4.74 Å². The van der Waals surface area contributed by atoms with Gasteiger partial charge in [0.2, 0.25) is 0 Å². The first-order valence-corrected chi connectivity index (χ1v) is 7.05. The van der Waals surface area contributed by atoms with Crippen molar-refractivity contribution in [1.29, 1.82) is 0 Å². The molecule has 0 saturated carbocycles. The van der Waals surface area contributed by atoms with Crippen molar-refractivity contribution in [3.05, 3.63) is 26.8 Å². The van der Waals surface area contributed by atoms with Gasteiger partial charge in [-0.15, -0.1) is 0 Å². The monoisotopic (exact) mass is 381 g/mol. The minimum Gasteiger partial charge on any atom is -0.372 e. The molecular weight excluding hydrogens is 367 g/mol. The van der Waals surface area contributed by atoms with Gasteiger partial charge in [0.05, 0.1) is 21.5 Å². The lowest BCUT2D eigenvalue weighted by atomic mass is 10.1. The molecule has 0 spiro atoms. The lowest BCUT2D eigenvalue weighted by Crippen LogP contribution is -2.46. The number of rotatable bonds is 2. The van der Waals surface area contributed by atoms with Crippen LogP contribution in [0.1, 0.15) is 24.2 Å². The normalized spacial score (nSPS) is 23.5. The van der Waals surface area contributed by atoms with Crippen molar-refractivity contribution in [3.63, 3.8) is 0 Å². The number of benzene rings is 1. The first-order chi connectivity index (χ1) is 8.93. The predicted octanol–water partition coefficient (Wildman–Crippen LogP) is 3.00. The summed E-state index contributed by atoms with van der Waals surface area (Å²) in [5.74, 6) is -1.87. The van der Waals surface area contributed by atoms with Crippen LogP contribution in [0.2, 0.25) is 0 Å². The standard InChI is InChI=1S/C13H14F2INO2/c1-7-4-17(5-8(2)19-7)13-9(6-18)3-10(16)11(14)12(13)15/h3,6-8H,4-5H2,1-2H3/t7-,8+. The summed E-state index contributed by atoms with van der Waals surface area (Å²) in [6.45, 7) is 4.60. The summed E-state index contributed by atoms with van der Waals surface area (Å²) >= 11 is 1.68. The Morgan fingerprint density at radius 3 is 2.42 bits per heavy atom. The van der Waals surface area contributed by atoms with Crippen LogP contribution in [0.5, 0.6) is 0 Å². The summed E-state index contributed by atoms with van der Waals surface area (Å²) in [6, 6.07) is 1.37. The van der Waals surface area contributed by atoms with Gasteiger partial charge in [-0.1, -0.05) is 0 Å². The van der Waals surface area contributed by atoms with Gasteiger partial charge in [0, 0.05) is 18.7 Å². The Balaban J connectivity index is 2.48. The Hall–Kier alpha value is -0.760. The Morgan fingerprint density at radius 2 is 1.89 bits per heavy atom. The molecule has 3 nitrogen and oxygen atoms in total. The second kappa shape index (κ2) is 5.70. The molecule has 1 saturated heterocycles. The van der Waals surface area contributed by atoms with Crippen molar-refractivity contribution in [2.75, 3.05) is 18.0 Å². The van der Waals surface area contributed by atoms with E-state index in [0.29, 0.717) is 19.4 Å². The van der Waals surface area contributed by atoms with Crippen LogP contribution < -0.4 is 4.90 Å². The van der Waals surface area contributed by atoms with Gasteiger partial charge in [0.15, 0.2) is 17.9 Å². The highest BCUT2D eigenvalue weighted by atomic mass is 127. The fourth-order valence-corrected chi connectivity index (χ4v) is 2.95. The SMILES string of the molecule is C[C@@H]1CN(c2c(C=O)cc(I)c(F)c2F)C[C@H](C)O1. The van der Waals surface area contributed by atoms with Gasteiger partial charge in [-0.05, 0) is 42.5 Å². The van der Waals surface area contributed by atoms with Gasteiger partial charge >= 0.3 is 0 Å². The summed E-state index contributed by atoms with van der Waals surface area (Å²) in [4.78, 5) is 12.8. The number of hydrogen-bond acceptors (Lipinski definition) is 3. The van der Waals surface area contributed by atoms with E-state index in [0.717, 1.165) is 0 Å². The maximum Gasteiger partial charge on any atom is 0.183 e. The smallest absolute Gasteiger partial charge is 0.183 e. The Labute approximate surface area is 124 Å². The average molecular weight is 381 g/mol. The number of halogens is 3. The number of anilines is 1. The molecule has 1 fully saturated rings. The van der Waals surface area contributed by atoms with E-state index in [9.17, 15) is 13.6 Å². The van der Waals surface area contributed by atoms with Crippen molar-refractivity contribution in [2.45, 2.75) is 26.1 Å². The average Bonchev–Trinajstić information content (AvgIpc) is 2.34. The molecule has 1 aliphatic heterocycles. The summed E-state index contributed by atoms with van der Waals surface area (Å²) < 4.78 is 33.5. The Morgan fingerprint density at radius 1 is 1.32 bits per heavy atom. The third-order valence-corrected chi connectivity index (χ3v) is 3.81. The molecule has 1 aromatic rings. The molecule has 2 rings (SSSR count). The van der Waals surface area contributed by atoms with E-state index in [2.05, 4.69) is 0 Å². The lowest BCUT2D eigenvalue weighted by molar-refractivity contribution is -0.00547. The number of hydrogen-bond donors (Lipinski definition) is 0. The molecule has 0 bridgehead atoms. The number of aldehydes is 1. The van der Waals surface area contributed by atoms with E-state index < -0.39 is 11.6 Å². The quantitative estimate of drug-likeness (QED) is 0.448. The molecular formula is C13H14F2INO2. The van der Waals surface area contributed by atoms with Crippen molar-refractivity contribution in [2.24, 2.45) is 0 Å². The summed E-state index contributed by atoms with van der Waals surface area (Å²) in [5, 5.41) is 0. The fraction of sp³-hybridized carbons (Fsp3) is 0.462. The minimum absolute atomic E-state index is 0.0370. The zero-order valence-electron chi connectivity index (χ0n) is 10.6. The molecule has 1 aliphatic rings. The largest absolute Gasteiger partial charge is 0.372 e. The maximum absolute atomic E-state index is 14.1. The zero-order valence-corrected chi connectivity index (χ0v) is 12.8. The van der Waals surface area contributed by atoms with E-state index in [-0.39, 0.29) is 27.0 Å². The second-order valence-corrected chi connectivity index (χ2v) is 5.87. The maximum atomic E-state index is 14.1. The third-order valence-electron chi connectivity index (χ3n) is 3.03. The summed E-state index contributed by atoms with van der Waals surface area (Å²) in [5.41, 5.74) is 0.208. The first kappa shape index (κ1) is 14.6. The molecule has 1 aromatic carbocycles. The fourth-order valence-electron chi connectivity index (χ4n) is 2.38. The van der Waals surface area contributed by atoms with Gasteiger partial charge in [-0.25, -0.2) is 8.78 Å². The second-order valence-electron chi connectivity index (χ2n) is 4.70. The molecule has 6 heteroatoms. The van der Waals surface area contributed by atoms with Crippen molar-refractivity contribution < 1.29 is 18.3 Å². The highest BCUT2D eigenvalue weighted by molar-refractivity contribution is 14.1. The highest BCUT2D eigenvalue weighted by Gasteiger charge is 2.28. The molecule has 0 aliphatic carbocycles. The van der Waals surface area contributed by atoms with Crippen LogP contribution in [0, 0.1) is 15.2 Å². The van der Waals surface area contributed by atoms with Crippen LogP contribution in [-0.2, 0) is 4.74 Å². The number of ether oxygens (including phenoxy) is 1. The molecule has 19 heavy (non-hydrogen) atoms. The van der Waals surface area contributed by atoms with Crippen molar-refractivity contribution in [3.8, 4) is 0 Å². The van der Waals surface area contributed by atoms with Crippen LogP contribution in [0.4, 0.5) is 14.5 Å². The molecule has 0 amide bonds. The van der Waals surface area contributed by atoms with E-state index in [1.807, 2.05) is 13.8 Å². The van der Waals surface area contributed by atoms with Gasteiger partial charge in [-0.3, -0.25) is 4.79 Å². The van der Waals surface area contributed by atoms with Crippen LogP contribution in [0.25, 0.3) is 0 Å². The number of carbonyl (C=O) groups excluding carboxylic acids is 1. The van der Waals surface area contributed by atoms with E-state index in [1.54, 1.807) is 27.5 Å². The van der Waals surface area contributed by atoms with Crippen LogP contribution >= 0.6 is 22.6 Å². The molecule has 0 unspecified atom stereocenters. The molecule has 104 valence electrons. The lowest BCUT2D eigenvalue weighted by Gasteiger charge is -2.37. The number of morpholine rings is 1. The van der Waals surface area contributed by atoms with E-state index >= 15 is 0 Å². The van der Waals surface area contributed by atoms with Crippen LogP contribution in [-0.4, -0.2) is 31.6 Å². The zero-order chi connectivity index (χ0) is 14.2. The number of nitrogens with zero attached hydrogens (tertiary/aromatic N) is 1.